The summed E-state index contributed by atoms with van der Waals surface area (Å²) in [6.45, 7) is 3.37. The van der Waals surface area contributed by atoms with Crippen molar-refractivity contribution in [3.63, 3.8) is 0 Å². The molecule has 1 aliphatic carbocycles. The highest BCUT2D eigenvalue weighted by Gasteiger charge is 2.31. The zero-order chi connectivity index (χ0) is 14.5. The number of hydrogen-bond acceptors (Lipinski definition) is 1. The number of rotatable bonds is 7. The summed E-state index contributed by atoms with van der Waals surface area (Å²) >= 11 is 0. The molecule has 0 saturated carbocycles. The van der Waals surface area contributed by atoms with Crippen molar-refractivity contribution in [2.75, 3.05) is 6.54 Å². The molecule has 110 valence electrons. The highest BCUT2D eigenvalue weighted by molar-refractivity contribution is 5.41. The molecule has 2 atom stereocenters. The Labute approximate surface area is 128 Å². The van der Waals surface area contributed by atoms with Crippen LogP contribution in [0.3, 0.4) is 0 Å². The Morgan fingerprint density at radius 2 is 1.81 bits per heavy atom. The summed E-state index contributed by atoms with van der Waals surface area (Å²) in [7, 11) is 0. The maximum Gasteiger partial charge on any atom is 0.0142 e. The van der Waals surface area contributed by atoms with Crippen LogP contribution in [-0.2, 0) is 12.8 Å². The van der Waals surface area contributed by atoms with Gasteiger partial charge in [-0.05, 0) is 48.9 Å². The van der Waals surface area contributed by atoms with Gasteiger partial charge in [-0.1, -0.05) is 61.5 Å². The molecule has 0 aliphatic heterocycles. The van der Waals surface area contributed by atoms with Crippen LogP contribution in [0, 0.1) is 0 Å². The normalized spacial score (nSPS) is 17.9. The Balaban J connectivity index is 1.65. The molecule has 3 rings (SSSR count). The topological polar surface area (TPSA) is 12.0 Å². The van der Waals surface area contributed by atoms with Crippen molar-refractivity contribution in [1.29, 1.82) is 0 Å². The Bertz CT molecular complexity index is 561. The fourth-order valence-corrected chi connectivity index (χ4v) is 3.40. The van der Waals surface area contributed by atoms with Crippen LogP contribution in [0.2, 0.25) is 0 Å². The number of aryl methyl sites for hydroxylation is 1. The van der Waals surface area contributed by atoms with E-state index in [1.807, 2.05) is 0 Å². The fraction of sp³-hybridized carbons (Fsp3) is 0.400. The van der Waals surface area contributed by atoms with Gasteiger partial charge in [-0.2, -0.15) is 0 Å². The third-order valence-corrected chi connectivity index (χ3v) is 4.62. The van der Waals surface area contributed by atoms with Crippen molar-refractivity contribution < 1.29 is 0 Å². The molecule has 2 aromatic rings. The Hall–Kier alpha value is -1.60. The summed E-state index contributed by atoms with van der Waals surface area (Å²) in [5.74, 6) is 0.705. The molecule has 1 aliphatic rings. The van der Waals surface area contributed by atoms with E-state index in [0.29, 0.717) is 12.0 Å². The average Bonchev–Trinajstić information content (AvgIpc) is 2.51. The first-order valence-electron chi connectivity index (χ1n) is 8.23. The zero-order valence-electron chi connectivity index (χ0n) is 12.9. The van der Waals surface area contributed by atoms with Crippen molar-refractivity contribution in [2.24, 2.45) is 0 Å². The van der Waals surface area contributed by atoms with Crippen molar-refractivity contribution in [3.05, 3.63) is 71.3 Å². The number of fused-ring (bicyclic) bond motifs is 1. The predicted molar refractivity (Wildman–Crippen MR) is 89.7 cm³/mol. The molecule has 0 bridgehead atoms. The van der Waals surface area contributed by atoms with Gasteiger partial charge in [0, 0.05) is 12.0 Å². The summed E-state index contributed by atoms with van der Waals surface area (Å²) in [6, 6.07) is 20.4. The lowest BCUT2D eigenvalue weighted by Crippen LogP contribution is -2.40. The summed E-state index contributed by atoms with van der Waals surface area (Å²) < 4.78 is 0. The molecule has 0 fully saturated rings. The minimum atomic E-state index is 0.611. The molecule has 0 heterocycles. The van der Waals surface area contributed by atoms with Crippen molar-refractivity contribution in [2.45, 2.75) is 44.6 Å². The number of hydrogen-bond donors (Lipinski definition) is 1. The van der Waals surface area contributed by atoms with Crippen LogP contribution >= 0.6 is 0 Å². The molecule has 1 heteroatoms. The average molecular weight is 279 g/mol. The molecule has 1 nitrogen and oxygen atoms in total. The van der Waals surface area contributed by atoms with Crippen molar-refractivity contribution in [1.82, 2.24) is 5.32 Å². The largest absolute Gasteiger partial charge is 0.313 e. The van der Waals surface area contributed by atoms with Gasteiger partial charge in [-0.3, -0.25) is 0 Å². The third kappa shape index (κ3) is 3.36. The molecule has 2 aromatic carbocycles. The minimum Gasteiger partial charge on any atom is -0.313 e. The van der Waals surface area contributed by atoms with Crippen LogP contribution in [0.4, 0.5) is 0 Å². The summed E-state index contributed by atoms with van der Waals surface area (Å²) in [5.41, 5.74) is 4.57. The lowest BCUT2D eigenvalue weighted by Gasteiger charge is -2.37. The Morgan fingerprint density at radius 3 is 2.57 bits per heavy atom. The molecule has 0 radical (unpaired) electrons. The van der Waals surface area contributed by atoms with Crippen LogP contribution in [0.25, 0.3) is 0 Å². The van der Waals surface area contributed by atoms with E-state index in [9.17, 15) is 0 Å². The van der Waals surface area contributed by atoms with E-state index in [2.05, 4.69) is 66.8 Å². The van der Waals surface area contributed by atoms with E-state index in [1.165, 1.54) is 31.2 Å². The van der Waals surface area contributed by atoms with Crippen LogP contribution in [0.1, 0.15) is 42.4 Å². The van der Waals surface area contributed by atoms with E-state index in [0.717, 1.165) is 6.54 Å². The SMILES string of the molecule is CCCNC(CCc1ccccc1)C1Cc2ccccc21. The van der Waals surface area contributed by atoms with Gasteiger partial charge in [0.05, 0.1) is 0 Å². The van der Waals surface area contributed by atoms with Gasteiger partial charge in [0.2, 0.25) is 0 Å². The molecule has 0 aromatic heterocycles. The summed E-state index contributed by atoms with van der Waals surface area (Å²) in [6.07, 6.45) is 4.84. The van der Waals surface area contributed by atoms with Crippen LogP contribution in [0.15, 0.2) is 54.6 Å². The predicted octanol–water partition coefficient (Wildman–Crippen LogP) is 4.33. The Kier molecular flexibility index (Phi) is 4.72. The minimum absolute atomic E-state index is 0.611. The van der Waals surface area contributed by atoms with Gasteiger partial charge in [-0.25, -0.2) is 0 Å². The van der Waals surface area contributed by atoms with E-state index < -0.39 is 0 Å². The lowest BCUT2D eigenvalue weighted by molar-refractivity contribution is 0.379. The van der Waals surface area contributed by atoms with Gasteiger partial charge >= 0.3 is 0 Å². The first-order valence-corrected chi connectivity index (χ1v) is 8.23. The van der Waals surface area contributed by atoms with Crippen LogP contribution < -0.4 is 5.32 Å². The lowest BCUT2D eigenvalue weighted by atomic mass is 9.72. The zero-order valence-corrected chi connectivity index (χ0v) is 12.9. The molecule has 21 heavy (non-hydrogen) atoms. The van der Waals surface area contributed by atoms with E-state index in [1.54, 1.807) is 11.1 Å². The first kappa shape index (κ1) is 14.3. The number of benzene rings is 2. The van der Waals surface area contributed by atoms with E-state index in [-0.39, 0.29) is 0 Å². The summed E-state index contributed by atoms with van der Waals surface area (Å²) in [4.78, 5) is 0. The molecule has 0 saturated heterocycles. The van der Waals surface area contributed by atoms with Crippen LogP contribution in [0.5, 0.6) is 0 Å². The second-order valence-corrected chi connectivity index (χ2v) is 6.09. The van der Waals surface area contributed by atoms with Crippen molar-refractivity contribution in [3.8, 4) is 0 Å². The maximum absolute atomic E-state index is 3.78. The smallest absolute Gasteiger partial charge is 0.0142 e. The summed E-state index contributed by atoms with van der Waals surface area (Å²) in [5, 5.41) is 3.78. The standard InChI is InChI=1S/C20H25N/c1-2-14-21-20(13-12-16-8-4-3-5-9-16)19-15-17-10-6-7-11-18(17)19/h3-11,19-21H,2,12-15H2,1H3. The van der Waals surface area contributed by atoms with Gasteiger partial charge in [-0.15, -0.1) is 0 Å². The van der Waals surface area contributed by atoms with Crippen LogP contribution in [-0.4, -0.2) is 12.6 Å². The second kappa shape index (κ2) is 6.91. The molecule has 2 unspecified atom stereocenters. The highest BCUT2D eigenvalue weighted by Crippen LogP contribution is 2.38. The monoisotopic (exact) mass is 279 g/mol. The molecule has 1 N–H and O–H groups in total. The van der Waals surface area contributed by atoms with E-state index in [4.69, 9.17) is 0 Å². The molecule has 0 spiro atoms. The van der Waals surface area contributed by atoms with Gasteiger partial charge < -0.3 is 5.32 Å². The maximum atomic E-state index is 3.78. The second-order valence-electron chi connectivity index (χ2n) is 6.09. The van der Waals surface area contributed by atoms with Gasteiger partial charge in [0.1, 0.15) is 0 Å². The number of nitrogens with one attached hydrogen (secondary N) is 1. The Morgan fingerprint density at radius 1 is 1.05 bits per heavy atom. The molecule has 0 amide bonds. The highest BCUT2D eigenvalue weighted by atomic mass is 14.9. The fourth-order valence-electron chi connectivity index (χ4n) is 3.40. The molecular formula is C20H25N. The first-order chi connectivity index (χ1) is 10.4. The van der Waals surface area contributed by atoms with Gasteiger partial charge in [0.25, 0.3) is 0 Å². The third-order valence-electron chi connectivity index (χ3n) is 4.62. The van der Waals surface area contributed by atoms with Gasteiger partial charge in [0.15, 0.2) is 0 Å². The van der Waals surface area contributed by atoms with E-state index >= 15 is 0 Å². The van der Waals surface area contributed by atoms with Crippen molar-refractivity contribution >= 4 is 0 Å². The quantitative estimate of drug-likeness (QED) is 0.795. The molecular weight excluding hydrogens is 254 g/mol.